The topological polar surface area (TPSA) is 59.0 Å². The van der Waals surface area contributed by atoms with Crippen LogP contribution in [-0.2, 0) is 16.8 Å². The minimum Gasteiger partial charge on any atom is -0.489 e. The number of amides is 1. The van der Waals surface area contributed by atoms with Crippen LogP contribution in [-0.4, -0.2) is 30.4 Å². The highest BCUT2D eigenvalue weighted by Gasteiger charge is 2.47. The highest BCUT2D eigenvalue weighted by atomic mass is 16.5. The lowest BCUT2D eigenvalue weighted by Gasteiger charge is -2.33. The van der Waals surface area contributed by atoms with Crippen LogP contribution in [0.5, 0.6) is 5.75 Å². The molecule has 26 heavy (non-hydrogen) atoms. The second kappa shape index (κ2) is 7.79. The van der Waals surface area contributed by atoms with Gasteiger partial charge in [-0.3, -0.25) is 4.79 Å². The first-order valence-corrected chi connectivity index (χ1v) is 9.08. The van der Waals surface area contributed by atoms with Crippen molar-refractivity contribution in [1.82, 2.24) is 4.90 Å². The van der Waals surface area contributed by atoms with Gasteiger partial charge < -0.3 is 9.64 Å². The minimum absolute atomic E-state index is 0.367. The number of hydrogen-bond acceptors (Lipinski definition) is 4. The van der Waals surface area contributed by atoms with Crippen molar-refractivity contribution in [2.24, 2.45) is 5.18 Å². The van der Waals surface area contributed by atoms with Gasteiger partial charge in [0.15, 0.2) is 0 Å². The molecule has 136 valence electrons. The fourth-order valence-electron chi connectivity index (χ4n) is 3.86. The van der Waals surface area contributed by atoms with Crippen LogP contribution in [0.4, 0.5) is 0 Å². The summed E-state index contributed by atoms with van der Waals surface area (Å²) in [6.07, 6.45) is 0.483. The van der Waals surface area contributed by atoms with Crippen molar-refractivity contribution >= 4 is 5.91 Å². The summed E-state index contributed by atoms with van der Waals surface area (Å²) in [4.78, 5) is 26.7. The quantitative estimate of drug-likeness (QED) is 0.740. The zero-order valence-electron chi connectivity index (χ0n) is 15.3. The van der Waals surface area contributed by atoms with E-state index in [0.717, 1.165) is 29.8 Å². The van der Waals surface area contributed by atoms with Gasteiger partial charge in [-0.15, -0.1) is 4.91 Å². The van der Waals surface area contributed by atoms with Crippen LogP contribution < -0.4 is 4.74 Å². The molecule has 1 unspecified atom stereocenters. The molecule has 0 N–H and O–H groups in total. The van der Waals surface area contributed by atoms with E-state index in [1.54, 1.807) is 0 Å². The number of carbonyl (C=O) groups is 1. The average Bonchev–Trinajstić information content (AvgIpc) is 2.84. The Bertz CT molecular complexity index is 752. The molecular formula is C21H24N2O3. The van der Waals surface area contributed by atoms with Crippen molar-refractivity contribution in [2.75, 3.05) is 19.6 Å². The summed E-state index contributed by atoms with van der Waals surface area (Å²) in [5.41, 5.74) is 1.34. The molecule has 1 aliphatic rings. The Morgan fingerprint density at radius 2 is 1.73 bits per heavy atom. The molecule has 0 aliphatic carbocycles. The molecule has 5 heteroatoms. The van der Waals surface area contributed by atoms with Gasteiger partial charge in [0.1, 0.15) is 17.8 Å². The second-order valence-corrected chi connectivity index (χ2v) is 6.52. The maximum atomic E-state index is 13.0. The van der Waals surface area contributed by atoms with Gasteiger partial charge >= 0.3 is 5.91 Å². The molecule has 0 radical (unpaired) electrons. The van der Waals surface area contributed by atoms with E-state index in [1.807, 2.05) is 48.5 Å². The molecule has 1 heterocycles. The molecule has 0 saturated heterocycles. The van der Waals surface area contributed by atoms with E-state index in [9.17, 15) is 9.70 Å². The van der Waals surface area contributed by atoms with Gasteiger partial charge in [-0.05, 0) is 43.2 Å². The van der Waals surface area contributed by atoms with E-state index in [0.29, 0.717) is 25.3 Å². The number of ether oxygens (including phenoxy) is 1. The summed E-state index contributed by atoms with van der Waals surface area (Å²) in [7, 11) is 0. The third-order valence-corrected chi connectivity index (χ3v) is 5.35. The summed E-state index contributed by atoms with van der Waals surface area (Å²) in [6, 6.07) is 15.2. The normalized spacial score (nSPS) is 18.4. The molecule has 3 rings (SSSR count). The van der Waals surface area contributed by atoms with Crippen molar-refractivity contribution in [3.63, 3.8) is 0 Å². The Morgan fingerprint density at radius 1 is 1.08 bits per heavy atom. The molecule has 1 atom stereocenters. The summed E-state index contributed by atoms with van der Waals surface area (Å²) in [6.45, 7) is 7.01. The number of carbonyl (C=O) groups excluding carboxylic acids is 1. The number of para-hydroxylation sites is 1. The zero-order valence-corrected chi connectivity index (χ0v) is 15.3. The monoisotopic (exact) mass is 352 g/mol. The fourth-order valence-corrected chi connectivity index (χ4v) is 3.86. The lowest BCUT2D eigenvalue weighted by molar-refractivity contribution is -0.122. The highest BCUT2D eigenvalue weighted by Crippen LogP contribution is 2.45. The van der Waals surface area contributed by atoms with Crippen LogP contribution >= 0.6 is 0 Å². The molecule has 0 saturated carbocycles. The maximum absolute atomic E-state index is 13.0. The number of rotatable bonds is 6. The molecular weight excluding hydrogens is 328 g/mol. The SMILES string of the molecule is CCN(CC)CCC1(C(=O)N=O)c2ccccc2COc2ccccc21. The van der Waals surface area contributed by atoms with Crippen LogP contribution in [0.1, 0.15) is 37.0 Å². The summed E-state index contributed by atoms with van der Waals surface area (Å²) in [5, 5.41) is 2.89. The third-order valence-electron chi connectivity index (χ3n) is 5.35. The first-order valence-electron chi connectivity index (χ1n) is 9.08. The number of nitrogens with zero attached hydrogens (tertiary/aromatic N) is 2. The number of hydrogen-bond donors (Lipinski definition) is 0. The summed E-state index contributed by atoms with van der Waals surface area (Å²) >= 11 is 0. The van der Waals surface area contributed by atoms with Crippen LogP contribution in [0.15, 0.2) is 53.7 Å². The Balaban J connectivity index is 2.23. The molecule has 1 aliphatic heterocycles. The molecule has 2 aromatic carbocycles. The van der Waals surface area contributed by atoms with Crippen LogP contribution in [0.25, 0.3) is 0 Å². The van der Waals surface area contributed by atoms with Crippen LogP contribution in [0.3, 0.4) is 0 Å². The van der Waals surface area contributed by atoms with Crippen molar-refractivity contribution in [3.05, 3.63) is 70.1 Å². The van der Waals surface area contributed by atoms with E-state index < -0.39 is 11.3 Å². The fraction of sp³-hybridized carbons (Fsp3) is 0.381. The number of nitroso groups, excluding NO2 is 1. The lowest BCUT2D eigenvalue weighted by Crippen LogP contribution is -2.40. The number of benzene rings is 2. The van der Waals surface area contributed by atoms with Gasteiger partial charge in [0, 0.05) is 10.7 Å². The Hall–Kier alpha value is -2.53. The molecule has 0 spiro atoms. The van der Waals surface area contributed by atoms with Crippen LogP contribution in [0.2, 0.25) is 0 Å². The van der Waals surface area contributed by atoms with E-state index in [-0.39, 0.29) is 0 Å². The van der Waals surface area contributed by atoms with E-state index in [2.05, 4.69) is 23.9 Å². The Morgan fingerprint density at radius 3 is 2.42 bits per heavy atom. The lowest BCUT2D eigenvalue weighted by atomic mass is 9.69. The van der Waals surface area contributed by atoms with Gasteiger partial charge in [0.25, 0.3) is 0 Å². The molecule has 0 bridgehead atoms. The predicted octanol–water partition coefficient (Wildman–Crippen LogP) is 3.89. The molecule has 0 aromatic heterocycles. The molecule has 0 fully saturated rings. The summed E-state index contributed by atoms with van der Waals surface area (Å²) in [5.74, 6) is -0.0182. The molecule has 1 amide bonds. The highest BCUT2D eigenvalue weighted by molar-refractivity contribution is 5.94. The first kappa shape index (κ1) is 18.3. The van der Waals surface area contributed by atoms with E-state index in [1.165, 1.54) is 0 Å². The molecule has 2 aromatic rings. The van der Waals surface area contributed by atoms with Gasteiger partial charge in [-0.25, -0.2) is 0 Å². The standard InChI is InChI=1S/C21H24N2O3/c1-3-23(4-2)14-13-21(20(24)22-25)17-10-6-5-9-16(17)15-26-19-12-8-7-11-18(19)21/h5-12H,3-4,13-15H2,1-2H3. The average molecular weight is 352 g/mol. The van der Waals surface area contributed by atoms with Gasteiger partial charge in [-0.1, -0.05) is 56.3 Å². The van der Waals surface area contributed by atoms with Crippen LogP contribution in [0, 0.1) is 4.91 Å². The van der Waals surface area contributed by atoms with E-state index in [4.69, 9.17) is 4.74 Å². The van der Waals surface area contributed by atoms with Crippen molar-refractivity contribution in [3.8, 4) is 5.75 Å². The van der Waals surface area contributed by atoms with Gasteiger partial charge in [0.2, 0.25) is 0 Å². The van der Waals surface area contributed by atoms with Gasteiger partial charge in [0.05, 0.1) is 0 Å². The Labute approximate surface area is 153 Å². The van der Waals surface area contributed by atoms with Crippen molar-refractivity contribution in [2.45, 2.75) is 32.3 Å². The maximum Gasteiger partial charge on any atom is 0.301 e. The third kappa shape index (κ3) is 3.03. The first-order chi connectivity index (χ1) is 12.7. The van der Waals surface area contributed by atoms with E-state index >= 15 is 0 Å². The largest absolute Gasteiger partial charge is 0.489 e. The number of fused-ring (bicyclic) bond motifs is 2. The second-order valence-electron chi connectivity index (χ2n) is 6.52. The zero-order chi connectivity index (χ0) is 18.6. The summed E-state index contributed by atoms with van der Waals surface area (Å²) < 4.78 is 5.97. The molecule has 5 nitrogen and oxygen atoms in total. The smallest absolute Gasteiger partial charge is 0.301 e. The van der Waals surface area contributed by atoms with Gasteiger partial charge in [-0.2, -0.15) is 0 Å². The Kier molecular flexibility index (Phi) is 5.47. The predicted molar refractivity (Wildman–Crippen MR) is 101 cm³/mol. The van der Waals surface area contributed by atoms with Crippen molar-refractivity contribution < 1.29 is 9.53 Å². The minimum atomic E-state index is -1.12. The van der Waals surface area contributed by atoms with Crippen molar-refractivity contribution in [1.29, 1.82) is 0 Å².